The smallest absolute Gasteiger partial charge is 0.330 e. The maximum atomic E-state index is 14.2. The minimum Gasteiger partial charge on any atom is -0.508 e. The van der Waals surface area contributed by atoms with E-state index in [1.165, 1.54) is 91.0 Å². The Kier molecular flexibility index (Phi) is 23.2. The molecule has 0 aromatic heterocycles. The van der Waals surface area contributed by atoms with E-state index in [2.05, 4.69) is 0 Å². The Balaban J connectivity index is 1.01. The molecule has 0 unspecified atom stereocenters. The highest BCUT2D eigenvalue weighted by atomic mass is 16.7. The average Bonchev–Trinajstić information content (AvgIpc) is 0.631. The highest BCUT2D eigenvalue weighted by molar-refractivity contribution is 5.88. The standard InChI is InChI=1S/C66H68O33/c67-24-42-50(76)54(80)59(85)66(96-42)95-41-23-36-37(71)21-35(91-63-58(84)55(81)51(77)43(97-63)25-88-46(72)16-7-28-1-10-32(68)11-2-28)22-38(36)92-62(41)31-19-39(93-64-60(86)56(82)52(78)44(98-64)26-89-47(73)17-8-29-3-12-33(69)13-4-29)49(75)40(20-31)94-65-61(87)57(83)53(79)45(99-65)27-90-48(74)18-9-30-5-14-34(70)15-6-30/h1-23,42-45,50-61,63-70,75-87H,24-27H2/t42-,43+,44-,45-,50-,51-,52-,53-,54+,55+,56-,57+,58-,59-,60+,61-,63-,64-,65-,66-/m1/s1. The second-order valence-electron chi connectivity index (χ2n) is 23.0. The monoisotopic (exact) mass is 1390 g/mol. The van der Waals surface area contributed by atoms with E-state index in [4.69, 9.17) is 56.5 Å². The van der Waals surface area contributed by atoms with E-state index in [9.17, 15) is 106 Å². The zero-order valence-corrected chi connectivity index (χ0v) is 51.3. The second kappa shape index (κ2) is 31.7. The molecule has 10 rings (SSSR count). The van der Waals surface area contributed by atoms with Gasteiger partial charge in [0.05, 0.1) is 12.2 Å². The first kappa shape index (κ1) is 72.4. The normalized spacial score (nSPS) is 30.3. The molecule has 17 N–H and O–H groups in total. The minimum absolute atomic E-state index is 0.0294. The van der Waals surface area contributed by atoms with Crippen LogP contribution in [0.25, 0.3) is 40.9 Å². The van der Waals surface area contributed by atoms with Crippen LogP contribution in [0, 0.1) is 0 Å². The van der Waals surface area contributed by atoms with Crippen LogP contribution in [0.15, 0.2) is 131 Å². The minimum atomic E-state index is -2.24. The fourth-order valence-electron chi connectivity index (χ4n) is 10.4. The van der Waals surface area contributed by atoms with Crippen molar-refractivity contribution in [1.82, 2.24) is 0 Å². The average molecular weight is 1390 g/mol. The van der Waals surface area contributed by atoms with Crippen molar-refractivity contribution in [2.75, 3.05) is 26.4 Å². The van der Waals surface area contributed by atoms with Crippen molar-refractivity contribution in [1.29, 1.82) is 0 Å². The highest BCUT2D eigenvalue weighted by Gasteiger charge is 2.50. The van der Waals surface area contributed by atoms with Crippen LogP contribution >= 0.6 is 0 Å². The predicted octanol–water partition coefficient (Wildman–Crippen LogP) is -2.26. The number of phenolic OH excluding ortho intramolecular Hbond substituents is 4. The van der Waals surface area contributed by atoms with Crippen LogP contribution in [-0.4, -0.2) is 254 Å². The number of aromatic hydroxyl groups is 4. The number of esters is 3. The van der Waals surface area contributed by atoms with Crippen molar-refractivity contribution < 1.29 is 158 Å². The molecule has 0 spiro atoms. The van der Waals surface area contributed by atoms with Crippen LogP contribution in [0.5, 0.6) is 46.0 Å². The molecule has 530 valence electrons. The molecule has 4 aromatic carbocycles. The summed E-state index contributed by atoms with van der Waals surface area (Å²) in [6.45, 7) is -3.34. The molecule has 4 fully saturated rings. The van der Waals surface area contributed by atoms with Crippen LogP contribution in [0.2, 0.25) is 0 Å². The Morgan fingerprint density at radius 3 is 1.09 bits per heavy atom. The molecule has 0 saturated carbocycles. The molecule has 99 heavy (non-hydrogen) atoms. The molecular weight excluding hydrogens is 1320 g/mol. The number of fused-ring (bicyclic) bond motifs is 1. The van der Waals surface area contributed by atoms with Crippen LogP contribution in [0.4, 0.5) is 0 Å². The Hall–Kier alpha value is -9.34. The first-order chi connectivity index (χ1) is 47.2. The number of carbonyl (C=O) groups is 3. The summed E-state index contributed by atoms with van der Waals surface area (Å²) < 4.78 is 69.1. The van der Waals surface area contributed by atoms with Crippen molar-refractivity contribution in [2.45, 2.75) is 123 Å². The van der Waals surface area contributed by atoms with E-state index in [0.717, 1.165) is 48.6 Å². The van der Waals surface area contributed by atoms with Crippen molar-refractivity contribution in [2.24, 2.45) is 0 Å². The third-order valence-corrected chi connectivity index (χ3v) is 16.0. The molecule has 5 aliphatic heterocycles. The number of phenols is 4. The van der Waals surface area contributed by atoms with Crippen molar-refractivity contribution in [3.8, 4) is 68.6 Å². The Morgan fingerprint density at radius 2 is 0.727 bits per heavy atom. The van der Waals surface area contributed by atoms with Gasteiger partial charge in [-0.15, -0.1) is 0 Å². The molecule has 1 aliphatic carbocycles. The molecule has 20 atom stereocenters. The van der Waals surface area contributed by atoms with Crippen molar-refractivity contribution in [3.63, 3.8) is 0 Å². The lowest BCUT2D eigenvalue weighted by atomic mass is 9.99. The molecule has 4 aromatic rings. The Labute approximate surface area is 558 Å². The van der Waals surface area contributed by atoms with E-state index < -0.39 is 224 Å². The third-order valence-electron chi connectivity index (χ3n) is 16.0. The molecule has 4 saturated heterocycles. The Morgan fingerprint density at radius 1 is 0.394 bits per heavy atom. The molecule has 33 heteroatoms. The van der Waals surface area contributed by atoms with Crippen LogP contribution in [0.3, 0.4) is 0 Å². The quantitative estimate of drug-likeness (QED) is 0.0194. The van der Waals surface area contributed by atoms with Gasteiger partial charge in [0.15, 0.2) is 28.4 Å². The van der Waals surface area contributed by atoms with Gasteiger partial charge < -0.3 is 143 Å². The third kappa shape index (κ3) is 17.2. The molecule has 33 nitrogen and oxygen atoms in total. The van der Waals surface area contributed by atoms with Gasteiger partial charge in [0.2, 0.25) is 30.9 Å². The highest BCUT2D eigenvalue weighted by Crippen LogP contribution is 2.47. The fourth-order valence-corrected chi connectivity index (χ4v) is 10.4. The Bertz CT molecular complexity index is 3750. The first-order valence-corrected chi connectivity index (χ1v) is 30.2. The zero-order chi connectivity index (χ0) is 71.1. The number of aliphatic hydroxyl groups excluding tert-OH is 13. The fraction of sp³-hybridized carbons (Fsp3) is 0.364. The van der Waals surface area contributed by atoms with Gasteiger partial charge in [0.25, 0.3) is 0 Å². The molecule has 6 aliphatic rings. The second-order valence-corrected chi connectivity index (χ2v) is 23.0. The summed E-state index contributed by atoms with van der Waals surface area (Å²) >= 11 is 0. The predicted molar refractivity (Wildman–Crippen MR) is 329 cm³/mol. The lowest BCUT2D eigenvalue weighted by Gasteiger charge is -2.40. The lowest BCUT2D eigenvalue weighted by molar-refractivity contribution is -0.279. The summed E-state index contributed by atoms with van der Waals surface area (Å²) in [7, 11) is 0. The summed E-state index contributed by atoms with van der Waals surface area (Å²) in [5.74, 6) is -8.21. The van der Waals surface area contributed by atoms with E-state index in [1.54, 1.807) is 0 Å². The van der Waals surface area contributed by atoms with Crippen LogP contribution in [0.1, 0.15) is 16.7 Å². The number of ether oxygens (including phenoxy) is 11. The van der Waals surface area contributed by atoms with Crippen molar-refractivity contribution in [3.05, 3.63) is 148 Å². The van der Waals surface area contributed by atoms with Gasteiger partial charge in [-0.2, -0.15) is 0 Å². The molecule has 0 radical (unpaired) electrons. The largest absolute Gasteiger partial charge is 0.508 e. The number of hydrogen-bond donors (Lipinski definition) is 17. The van der Waals surface area contributed by atoms with Gasteiger partial charge in [-0.05, 0) is 89.5 Å². The summed E-state index contributed by atoms with van der Waals surface area (Å²) in [6, 6.07) is 21.7. The van der Waals surface area contributed by atoms with E-state index in [1.807, 2.05) is 0 Å². The van der Waals surface area contributed by atoms with Gasteiger partial charge in [0.1, 0.15) is 146 Å². The summed E-state index contributed by atoms with van der Waals surface area (Å²) in [6.07, 6.45) is -33.0. The zero-order valence-electron chi connectivity index (χ0n) is 51.3. The molecule has 5 heterocycles. The van der Waals surface area contributed by atoms with Crippen LogP contribution < -0.4 is 24.4 Å². The number of rotatable bonds is 22. The summed E-state index contributed by atoms with van der Waals surface area (Å²) in [5.41, 5.74) is -0.438. The number of aliphatic hydroxyl groups is 13. The van der Waals surface area contributed by atoms with Crippen molar-refractivity contribution >= 4 is 36.1 Å². The molecule has 0 bridgehead atoms. The van der Waals surface area contributed by atoms with Gasteiger partial charge in [-0.25, -0.2) is 14.4 Å². The number of benzene rings is 5. The summed E-state index contributed by atoms with van der Waals surface area (Å²) in [4.78, 5) is 52.7. The van der Waals surface area contributed by atoms with E-state index in [-0.39, 0.29) is 17.2 Å². The first-order valence-electron chi connectivity index (χ1n) is 30.2. The van der Waals surface area contributed by atoms with Gasteiger partial charge in [-0.3, -0.25) is 4.79 Å². The van der Waals surface area contributed by atoms with E-state index >= 15 is 0 Å². The van der Waals surface area contributed by atoms with Crippen LogP contribution in [-0.2, 0) is 47.5 Å². The lowest BCUT2D eigenvalue weighted by Crippen LogP contribution is -2.60. The topological polar surface area (TPSA) is 527 Å². The molecular formula is C66H68O33. The summed E-state index contributed by atoms with van der Waals surface area (Å²) in [5, 5.41) is 184. The maximum Gasteiger partial charge on any atom is 0.330 e. The van der Waals surface area contributed by atoms with Gasteiger partial charge in [-0.1, -0.05) is 36.4 Å². The van der Waals surface area contributed by atoms with E-state index in [0.29, 0.717) is 16.7 Å². The molecule has 0 amide bonds. The maximum absolute atomic E-state index is 14.2. The number of hydrogen-bond acceptors (Lipinski definition) is 33. The number of carbonyl (C=O) groups excluding carboxylic acids is 3. The SMILES string of the molecule is O=C(C=Cc1ccc(O)cc1)OC[C@@H]1O[C@@H](Oc2cc3oc(-c4cc(O[C@@H]5O[C@H](COC(=O)C=Cc6ccc(O)cc6)[C@@H](O)[C@@H](O)[C@@H]5O)c(O)c(O[C@@H]5O[C@H](COC(=O)C=Cc6ccc(O)cc6)[C@@H](O)[C@H](O)[C@H]5O)c4)c(O[C@@H]4O[C@H](CO)[C@@H](O)[C@H](O)[C@H]4O)cc-3c(=O)c2)[C@H](O)[C@@H](O)[C@@H]1O. The van der Waals surface area contributed by atoms with Gasteiger partial charge >= 0.3 is 17.9 Å². The van der Waals surface area contributed by atoms with Gasteiger partial charge in [0, 0.05) is 35.9 Å².